The first-order chi connectivity index (χ1) is 18.0. The second kappa shape index (κ2) is 9.56. The van der Waals surface area contributed by atoms with E-state index < -0.39 is 82.9 Å². The first kappa shape index (κ1) is 28.4. The molecule has 7 N–H and O–H groups in total. The van der Waals surface area contributed by atoms with Gasteiger partial charge in [0.05, 0.1) is 5.56 Å². The summed E-state index contributed by atoms with van der Waals surface area (Å²) in [7, 11) is 3.34. The van der Waals surface area contributed by atoms with E-state index >= 15 is 0 Å². The van der Waals surface area contributed by atoms with Gasteiger partial charge in [0, 0.05) is 49.8 Å². The molecule has 3 aliphatic rings. The number of aromatic hydroxyl groups is 1. The number of anilines is 1. The number of phenols is 1. The number of hydrogen-bond donors (Lipinski definition) is 6. The predicted molar refractivity (Wildman–Crippen MR) is 133 cm³/mol. The summed E-state index contributed by atoms with van der Waals surface area (Å²) in [6.45, 7) is 0.954. The Balaban J connectivity index is 1.86. The Morgan fingerprint density at radius 2 is 1.87 bits per heavy atom. The van der Waals surface area contributed by atoms with Crippen molar-refractivity contribution in [1.82, 2.24) is 5.32 Å². The summed E-state index contributed by atoms with van der Waals surface area (Å²) in [5.41, 5.74) is 2.05. The molecule has 4 atom stereocenters. The van der Waals surface area contributed by atoms with Crippen LogP contribution in [-0.4, -0.2) is 69.8 Å². The van der Waals surface area contributed by atoms with Crippen LogP contribution in [0.2, 0.25) is 0 Å². The fourth-order valence-electron chi connectivity index (χ4n) is 5.98. The van der Waals surface area contributed by atoms with Gasteiger partial charge < -0.3 is 36.4 Å². The maximum Gasteiger partial charge on any atom is 0.403 e. The first-order valence-corrected chi connectivity index (χ1v) is 12.4. The van der Waals surface area contributed by atoms with Crippen molar-refractivity contribution in [2.45, 2.75) is 57.0 Å². The summed E-state index contributed by atoms with van der Waals surface area (Å²) in [5, 5.41) is 46.8. The number of primary amides is 1. The molecule has 13 heteroatoms. The summed E-state index contributed by atoms with van der Waals surface area (Å²) in [5.74, 6) is -7.52. The highest BCUT2D eigenvalue weighted by molar-refractivity contribution is 6.22. The van der Waals surface area contributed by atoms with Gasteiger partial charge in [0.25, 0.3) is 5.91 Å². The number of ketones is 2. The summed E-state index contributed by atoms with van der Waals surface area (Å²) in [4.78, 5) is 39.5. The number of hydrogen-bond acceptors (Lipinski definition) is 9. The number of aliphatic hydroxyl groups is 3. The topological polar surface area (TPSA) is 173 Å². The number of Topliss-reactive ketones (excluding diaryl/α,β-unsaturated/α-hetero) is 2. The SMILES string of the molecule is CCC(NCc1cc(N(C)C)c2c(c1O)C(O)=C1C(=O)[C@]3(O)C(O)=C(C(N)=O)C(=O)C[C@@H]3C[C@@H]1C2)C(F)(F)F. The van der Waals surface area contributed by atoms with E-state index in [9.17, 15) is 48.0 Å². The molecule has 1 amide bonds. The lowest BCUT2D eigenvalue weighted by Gasteiger charge is -2.46. The number of halogens is 3. The van der Waals surface area contributed by atoms with Crippen LogP contribution < -0.4 is 16.0 Å². The molecule has 10 nitrogen and oxygen atoms in total. The number of amides is 1. The molecule has 0 radical (unpaired) electrons. The molecule has 0 aromatic heterocycles. The van der Waals surface area contributed by atoms with Crippen LogP contribution in [0, 0.1) is 11.8 Å². The van der Waals surface area contributed by atoms with E-state index in [2.05, 4.69) is 5.32 Å². The molecular weight excluding hydrogens is 523 g/mol. The quantitative estimate of drug-likeness (QED) is 0.288. The zero-order valence-corrected chi connectivity index (χ0v) is 21.5. The predicted octanol–water partition coefficient (Wildman–Crippen LogP) is 1.92. The van der Waals surface area contributed by atoms with Crippen molar-refractivity contribution >= 4 is 28.9 Å². The highest BCUT2D eigenvalue weighted by Gasteiger charge is 2.60. The Morgan fingerprint density at radius 3 is 2.41 bits per heavy atom. The average molecular weight is 554 g/mol. The van der Waals surface area contributed by atoms with Crippen LogP contribution in [0.15, 0.2) is 23.0 Å². The molecule has 4 rings (SSSR count). The third kappa shape index (κ3) is 4.33. The summed E-state index contributed by atoms with van der Waals surface area (Å²) >= 11 is 0. The average Bonchev–Trinajstić information content (AvgIpc) is 2.81. The number of nitrogens with one attached hydrogen (secondary N) is 1. The van der Waals surface area contributed by atoms with E-state index in [0.29, 0.717) is 11.3 Å². The van der Waals surface area contributed by atoms with Crippen LogP contribution in [0.4, 0.5) is 18.9 Å². The second-order valence-corrected chi connectivity index (χ2v) is 10.4. The fourth-order valence-corrected chi connectivity index (χ4v) is 5.98. The monoisotopic (exact) mass is 553 g/mol. The van der Waals surface area contributed by atoms with Crippen LogP contribution in [0.3, 0.4) is 0 Å². The van der Waals surface area contributed by atoms with E-state index in [1.165, 1.54) is 13.0 Å². The van der Waals surface area contributed by atoms with Crippen molar-refractivity contribution in [3.05, 3.63) is 39.7 Å². The smallest absolute Gasteiger partial charge is 0.403 e. The van der Waals surface area contributed by atoms with Crippen molar-refractivity contribution in [2.75, 3.05) is 19.0 Å². The molecule has 212 valence electrons. The third-order valence-corrected chi connectivity index (χ3v) is 7.94. The van der Waals surface area contributed by atoms with Gasteiger partial charge in [-0.1, -0.05) is 6.92 Å². The number of phenolic OH excluding ortho intramolecular Hbond substituents is 1. The summed E-state index contributed by atoms with van der Waals surface area (Å²) in [6, 6.07) is -0.345. The minimum atomic E-state index is -4.53. The number of fused-ring (bicyclic) bond motifs is 3. The van der Waals surface area contributed by atoms with E-state index in [1.807, 2.05) is 0 Å². The third-order valence-electron chi connectivity index (χ3n) is 7.94. The van der Waals surface area contributed by atoms with Gasteiger partial charge in [-0.15, -0.1) is 0 Å². The Labute approximate surface area is 221 Å². The van der Waals surface area contributed by atoms with Crippen molar-refractivity contribution in [2.24, 2.45) is 17.6 Å². The highest BCUT2D eigenvalue weighted by Crippen LogP contribution is 2.53. The number of nitrogens with zero attached hydrogens (tertiary/aromatic N) is 1. The molecule has 0 aliphatic heterocycles. The molecule has 3 aliphatic carbocycles. The van der Waals surface area contributed by atoms with Gasteiger partial charge in [0.1, 0.15) is 28.9 Å². The molecule has 1 aromatic carbocycles. The lowest BCUT2D eigenvalue weighted by molar-refractivity contribution is -0.156. The number of rotatable bonds is 6. The van der Waals surface area contributed by atoms with Gasteiger partial charge in [-0.2, -0.15) is 13.2 Å². The van der Waals surface area contributed by atoms with Crippen molar-refractivity contribution in [3.8, 4) is 5.75 Å². The lowest BCUT2D eigenvalue weighted by atomic mass is 9.59. The van der Waals surface area contributed by atoms with E-state index in [1.54, 1.807) is 19.0 Å². The zero-order valence-electron chi connectivity index (χ0n) is 21.5. The maximum atomic E-state index is 13.6. The van der Waals surface area contributed by atoms with E-state index in [-0.39, 0.29) is 36.0 Å². The van der Waals surface area contributed by atoms with Gasteiger partial charge in [-0.25, -0.2) is 0 Å². The molecule has 1 fully saturated rings. The molecule has 1 unspecified atom stereocenters. The highest BCUT2D eigenvalue weighted by atomic mass is 19.4. The maximum absolute atomic E-state index is 13.6. The van der Waals surface area contributed by atoms with E-state index in [0.717, 1.165) is 0 Å². The number of nitrogens with two attached hydrogens (primary N) is 1. The molecule has 0 saturated heterocycles. The standard InChI is InChI=1S/C26H30F3N3O7/c1-4-16(26(27,28)29)31-9-11-7-14(32(2)3)13-6-10-5-12-8-15(33)19(24(30)38)23(37)25(12,39)22(36)17(10)21(35)18(13)20(11)34/h7,10,12,16,31,34-35,37,39H,4-6,8-9H2,1-3H3,(H2,30,38)/t10-,12+,16?,25+/m1/s1. The minimum absolute atomic E-state index is 0.0242. The van der Waals surface area contributed by atoms with Crippen LogP contribution in [-0.2, 0) is 27.3 Å². The summed E-state index contributed by atoms with van der Waals surface area (Å²) < 4.78 is 39.9. The fraction of sp³-hybridized carbons (Fsp3) is 0.500. The number of aliphatic hydroxyl groups excluding tert-OH is 2. The van der Waals surface area contributed by atoms with Crippen molar-refractivity contribution < 1.29 is 48.0 Å². The second-order valence-electron chi connectivity index (χ2n) is 10.4. The molecule has 1 aromatic rings. The van der Waals surface area contributed by atoms with Gasteiger partial charge in [-0.05, 0) is 36.8 Å². The van der Waals surface area contributed by atoms with E-state index in [4.69, 9.17) is 5.73 Å². The van der Waals surface area contributed by atoms with Crippen molar-refractivity contribution in [3.63, 3.8) is 0 Å². The van der Waals surface area contributed by atoms with Gasteiger partial charge in [-0.3, -0.25) is 14.4 Å². The minimum Gasteiger partial charge on any atom is -0.508 e. The Kier molecular flexibility index (Phi) is 6.97. The lowest BCUT2D eigenvalue weighted by Crippen LogP contribution is -2.58. The molecular formula is C26H30F3N3O7. The van der Waals surface area contributed by atoms with Crippen LogP contribution in [0.1, 0.15) is 42.9 Å². The number of alkyl halides is 3. The molecule has 1 saturated carbocycles. The van der Waals surface area contributed by atoms with Gasteiger partial charge >= 0.3 is 6.18 Å². The zero-order chi connectivity index (χ0) is 29.2. The van der Waals surface area contributed by atoms with Crippen LogP contribution in [0.25, 0.3) is 5.76 Å². The van der Waals surface area contributed by atoms with Crippen LogP contribution >= 0.6 is 0 Å². The van der Waals surface area contributed by atoms with Crippen LogP contribution in [0.5, 0.6) is 5.75 Å². The number of carbonyl (C=O) groups excluding carboxylic acids is 3. The number of carbonyl (C=O) groups is 3. The summed E-state index contributed by atoms with van der Waals surface area (Å²) in [6.07, 6.45) is -5.15. The molecule has 0 heterocycles. The first-order valence-electron chi connectivity index (χ1n) is 12.4. The van der Waals surface area contributed by atoms with Gasteiger partial charge in [0.15, 0.2) is 11.4 Å². The normalized spacial score (nSPS) is 25.7. The Morgan fingerprint density at radius 1 is 1.23 bits per heavy atom. The molecule has 0 bridgehead atoms. The van der Waals surface area contributed by atoms with Gasteiger partial charge in [0.2, 0.25) is 5.78 Å². The molecule has 0 spiro atoms. The van der Waals surface area contributed by atoms with Crippen molar-refractivity contribution in [1.29, 1.82) is 0 Å². The largest absolute Gasteiger partial charge is 0.508 e. The Bertz CT molecular complexity index is 1330. The Hall–Kier alpha value is -3.58. The number of benzene rings is 1. The molecule has 39 heavy (non-hydrogen) atoms.